The zero-order valence-corrected chi connectivity index (χ0v) is 12.9. The molecule has 8 heteroatoms. The summed E-state index contributed by atoms with van der Waals surface area (Å²) in [5.41, 5.74) is 0. The van der Waals surface area contributed by atoms with Gasteiger partial charge in [0.2, 0.25) is 5.91 Å². The number of carbonyl (C=O) groups excluding carboxylic acids is 1. The van der Waals surface area contributed by atoms with E-state index in [1.54, 1.807) is 15.9 Å². The Morgan fingerprint density at radius 1 is 1.17 bits per heavy atom. The molecule has 1 aliphatic heterocycles. The van der Waals surface area contributed by atoms with E-state index in [4.69, 9.17) is 0 Å². The zero-order chi connectivity index (χ0) is 16.4. The molecule has 1 aromatic heterocycles. The lowest BCUT2D eigenvalue weighted by molar-refractivity contribution is -0.187. The van der Waals surface area contributed by atoms with E-state index in [9.17, 15) is 18.0 Å². The fraction of sp³-hybridized carbons (Fsp3) is 0.800. The maximum Gasteiger partial charge on any atom is 0.391 e. The van der Waals surface area contributed by atoms with E-state index < -0.39 is 18.0 Å². The lowest BCUT2D eigenvalue weighted by Crippen LogP contribution is -2.45. The number of nitrogens with zero attached hydrogens (tertiary/aromatic N) is 4. The van der Waals surface area contributed by atoms with Crippen molar-refractivity contribution in [1.82, 2.24) is 19.7 Å². The van der Waals surface area contributed by atoms with Crippen LogP contribution in [-0.2, 0) is 4.79 Å². The third-order valence-electron chi connectivity index (χ3n) is 5.01. The van der Waals surface area contributed by atoms with Crippen molar-refractivity contribution in [2.75, 3.05) is 13.1 Å². The summed E-state index contributed by atoms with van der Waals surface area (Å²) >= 11 is 0. The van der Waals surface area contributed by atoms with Gasteiger partial charge in [-0.2, -0.15) is 18.3 Å². The third-order valence-corrected chi connectivity index (χ3v) is 5.01. The third kappa shape index (κ3) is 3.67. The molecule has 0 radical (unpaired) electrons. The van der Waals surface area contributed by atoms with Crippen LogP contribution >= 0.6 is 0 Å². The number of rotatable bonds is 2. The quantitative estimate of drug-likeness (QED) is 0.838. The highest BCUT2D eigenvalue weighted by molar-refractivity contribution is 5.79. The molecule has 1 saturated heterocycles. The minimum Gasteiger partial charge on any atom is -0.340 e. The van der Waals surface area contributed by atoms with Crippen LogP contribution in [0.25, 0.3) is 0 Å². The number of alkyl halides is 3. The van der Waals surface area contributed by atoms with E-state index in [0.717, 1.165) is 12.8 Å². The monoisotopic (exact) mass is 330 g/mol. The van der Waals surface area contributed by atoms with Crippen molar-refractivity contribution < 1.29 is 18.0 Å². The molecule has 3 rings (SSSR count). The van der Waals surface area contributed by atoms with E-state index in [0.29, 0.717) is 25.9 Å². The lowest BCUT2D eigenvalue weighted by atomic mass is 9.80. The molecule has 3 atom stereocenters. The minimum atomic E-state index is -4.19. The van der Waals surface area contributed by atoms with E-state index in [2.05, 4.69) is 10.1 Å². The van der Waals surface area contributed by atoms with Crippen molar-refractivity contribution in [1.29, 1.82) is 0 Å². The summed E-state index contributed by atoms with van der Waals surface area (Å²) in [5, 5.41) is 4.11. The van der Waals surface area contributed by atoms with Crippen molar-refractivity contribution in [3.05, 3.63) is 12.7 Å². The molecule has 1 saturated carbocycles. The number of likely N-dealkylation sites (tertiary alicyclic amines) is 1. The first-order valence-corrected chi connectivity index (χ1v) is 8.14. The Labute approximate surface area is 132 Å². The van der Waals surface area contributed by atoms with Crippen molar-refractivity contribution in [3.63, 3.8) is 0 Å². The molecule has 1 aliphatic carbocycles. The fourth-order valence-electron chi connectivity index (χ4n) is 3.75. The van der Waals surface area contributed by atoms with Crippen LogP contribution < -0.4 is 0 Å². The van der Waals surface area contributed by atoms with Crippen LogP contribution in [0.3, 0.4) is 0 Å². The molecule has 5 nitrogen and oxygen atoms in total. The van der Waals surface area contributed by atoms with Crippen LogP contribution in [0.4, 0.5) is 13.2 Å². The van der Waals surface area contributed by atoms with Crippen LogP contribution in [0.1, 0.15) is 44.6 Å². The molecule has 0 spiro atoms. The van der Waals surface area contributed by atoms with Crippen LogP contribution in [0.5, 0.6) is 0 Å². The van der Waals surface area contributed by atoms with Crippen LogP contribution in [-0.4, -0.2) is 44.8 Å². The number of piperidine rings is 1. The molecular weight excluding hydrogens is 309 g/mol. The number of amides is 1. The Kier molecular flexibility index (Phi) is 4.59. The minimum absolute atomic E-state index is 0.0627. The van der Waals surface area contributed by atoms with Crippen molar-refractivity contribution in [2.45, 2.75) is 50.7 Å². The summed E-state index contributed by atoms with van der Waals surface area (Å²) in [6, 6.07) is 0.0669. The van der Waals surface area contributed by atoms with Crippen molar-refractivity contribution in [3.8, 4) is 0 Å². The maximum absolute atomic E-state index is 12.9. The first-order valence-electron chi connectivity index (χ1n) is 8.14. The number of hydrogen-bond acceptors (Lipinski definition) is 3. The molecule has 0 aromatic carbocycles. The molecule has 23 heavy (non-hydrogen) atoms. The van der Waals surface area contributed by atoms with Gasteiger partial charge in [-0.15, -0.1) is 0 Å². The fourth-order valence-corrected chi connectivity index (χ4v) is 3.75. The van der Waals surface area contributed by atoms with E-state index in [-0.39, 0.29) is 24.8 Å². The molecule has 2 fully saturated rings. The summed E-state index contributed by atoms with van der Waals surface area (Å²) in [4.78, 5) is 18.3. The number of aromatic nitrogens is 3. The predicted molar refractivity (Wildman–Crippen MR) is 76.4 cm³/mol. The number of halogens is 3. The van der Waals surface area contributed by atoms with Gasteiger partial charge in [-0.05, 0) is 32.1 Å². The Hall–Kier alpha value is -1.60. The molecule has 2 heterocycles. The van der Waals surface area contributed by atoms with E-state index in [1.165, 1.54) is 6.33 Å². The van der Waals surface area contributed by atoms with Crippen LogP contribution in [0.2, 0.25) is 0 Å². The van der Waals surface area contributed by atoms with E-state index >= 15 is 0 Å². The molecule has 1 amide bonds. The summed E-state index contributed by atoms with van der Waals surface area (Å²) in [7, 11) is 0. The lowest BCUT2D eigenvalue weighted by Gasteiger charge is -2.37. The smallest absolute Gasteiger partial charge is 0.340 e. The van der Waals surface area contributed by atoms with Gasteiger partial charge in [0, 0.05) is 19.0 Å². The highest BCUT2D eigenvalue weighted by atomic mass is 19.4. The molecule has 3 unspecified atom stereocenters. The van der Waals surface area contributed by atoms with Crippen molar-refractivity contribution >= 4 is 5.91 Å². The summed E-state index contributed by atoms with van der Waals surface area (Å²) in [6.45, 7) is 1.13. The van der Waals surface area contributed by atoms with Crippen LogP contribution in [0.15, 0.2) is 12.7 Å². The molecule has 2 aliphatic rings. The Bertz CT molecular complexity index is 531. The van der Waals surface area contributed by atoms with Gasteiger partial charge in [0.05, 0.1) is 12.0 Å². The normalized spacial score (nSPS) is 29.5. The summed E-state index contributed by atoms with van der Waals surface area (Å²) in [5.74, 6) is -1.95. The molecule has 1 aromatic rings. The number of hydrogen-bond donors (Lipinski definition) is 0. The van der Waals surface area contributed by atoms with Gasteiger partial charge in [0.1, 0.15) is 12.7 Å². The van der Waals surface area contributed by atoms with Crippen LogP contribution in [0, 0.1) is 11.8 Å². The topological polar surface area (TPSA) is 51.0 Å². The Balaban J connectivity index is 1.63. The average molecular weight is 330 g/mol. The van der Waals surface area contributed by atoms with Gasteiger partial charge in [-0.3, -0.25) is 4.79 Å². The van der Waals surface area contributed by atoms with E-state index in [1.807, 2.05) is 0 Å². The Morgan fingerprint density at radius 2 is 2.00 bits per heavy atom. The molecule has 128 valence electrons. The van der Waals surface area contributed by atoms with Gasteiger partial charge >= 0.3 is 6.18 Å². The highest BCUT2D eigenvalue weighted by Crippen LogP contribution is 2.40. The second-order valence-corrected chi connectivity index (χ2v) is 6.56. The first kappa shape index (κ1) is 16.3. The van der Waals surface area contributed by atoms with Crippen molar-refractivity contribution in [2.24, 2.45) is 11.8 Å². The molecule has 0 bridgehead atoms. The van der Waals surface area contributed by atoms with Gasteiger partial charge in [-0.1, -0.05) is 6.42 Å². The Morgan fingerprint density at radius 3 is 2.70 bits per heavy atom. The summed E-state index contributed by atoms with van der Waals surface area (Å²) < 4.78 is 40.5. The van der Waals surface area contributed by atoms with Gasteiger partial charge in [0.25, 0.3) is 0 Å². The van der Waals surface area contributed by atoms with Gasteiger partial charge in [0.15, 0.2) is 0 Å². The average Bonchev–Trinajstić information content (AvgIpc) is 3.08. The molecule has 0 N–H and O–H groups in total. The second kappa shape index (κ2) is 6.49. The highest BCUT2D eigenvalue weighted by Gasteiger charge is 2.44. The second-order valence-electron chi connectivity index (χ2n) is 6.56. The SMILES string of the molecule is O=C(C1CCCC(C(F)(F)F)C1)N1CCCC(n2cncn2)C1. The van der Waals surface area contributed by atoms with Gasteiger partial charge < -0.3 is 4.90 Å². The largest absolute Gasteiger partial charge is 0.391 e. The zero-order valence-electron chi connectivity index (χ0n) is 12.9. The number of carbonyl (C=O) groups is 1. The predicted octanol–water partition coefficient (Wildman–Crippen LogP) is 2.81. The van der Waals surface area contributed by atoms with Gasteiger partial charge in [-0.25, -0.2) is 9.67 Å². The maximum atomic E-state index is 12.9. The molecular formula is C15H21F3N4O. The standard InChI is InChI=1S/C15H21F3N4O/c16-15(17,18)12-4-1-3-11(7-12)14(23)21-6-2-5-13(8-21)22-10-19-9-20-22/h9-13H,1-8H2. The first-order chi connectivity index (χ1) is 10.9. The summed E-state index contributed by atoms with van der Waals surface area (Å²) in [6.07, 6.45) is 1.76.